The second-order valence-corrected chi connectivity index (χ2v) is 8.28. The van der Waals surface area contributed by atoms with Crippen molar-refractivity contribution in [3.05, 3.63) is 46.5 Å². The Labute approximate surface area is 177 Å². The summed E-state index contributed by atoms with van der Waals surface area (Å²) in [6.45, 7) is 2.11. The van der Waals surface area contributed by atoms with Gasteiger partial charge in [-0.15, -0.1) is 0 Å². The highest BCUT2D eigenvalue weighted by atomic mass is 19.1. The van der Waals surface area contributed by atoms with E-state index in [0.717, 1.165) is 12.8 Å². The number of rotatable bonds is 6. The fourth-order valence-corrected chi connectivity index (χ4v) is 3.94. The van der Waals surface area contributed by atoms with E-state index in [4.69, 9.17) is 0 Å². The zero-order valence-corrected chi connectivity index (χ0v) is 17.3. The van der Waals surface area contributed by atoms with Crippen molar-refractivity contribution in [1.82, 2.24) is 24.5 Å². The summed E-state index contributed by atoms with van der Waals surface area (Å²) in [5, 5.41) is 13.4. The van der Waals surface area contributed by atoms with Gasteiger partial charge < -0.3 is 20.5 Å². The van der Waals surface area contributed by atoms with Gasteiger partial charge in [-0.3, -0.25) is 9.59 Å². The number of anilines is 3. The van der Waals surface area contributed by atoms with Crippen molar-refractivity contribution in [3.63, 3.8) is 0 Å². The van der Waals surface area contributed by atoms with Crippen LogP contribution in [0.5, 0.6) is 0 Å². The molecule has 3 N–H and O–H groups in total. The number of hydrogen-bond acceptors (Lipinski definition) is 6. The highest BCUT2D eigenvalue weighted by Crippen LogP contribution is 2.37. The summed E-state index contributed by atoms with van der Waals surface area (Å²) in [6.07, 6.45) is 4.53. The van der Waals surface area contributed by atoms with Crippen LogP contribution in [0.2, 0.25) is 0 Å². The molecule has 0 unspecified atom stereocenters. The molecular formula is C21H24FN7O2. The third-order valence-electron chi connectivity index (χ3n) is 6.18. The van der Waals surface area contributed by atoms with E-state index >= 15 is 0 Å². The van der Waals surface area contributed by atoms with E-state index in [1.807, 2.05) is 0 Å². The number of nitrogens with one attached hydrogen (secondary N) is 3. The Bertz CT molecular complexity index is 1220. The first-order valence-electron chi connectivity index (χ1n) is 10.5. The van der Waals surface area contributed by atoms with Crippen molar-refractivity contribution in [1.29, 1.82) is 0 Å². The molecule has 9 nitrogen and oxygen atoms in total. The number of aromatic nitrogens is 4. The molecular weight excluding hydrogens is 401 g/mol. The zero-order chi connectivity index (χ0) is 21.7. The lowest BCUT2D eigenvalue weighted by atomic mass is 9.81. The summed E-state index contributed by atoms with van der Waals surface area (Å²) in [6, 6.07) is 4.78. The maximum Gasteiger partial charge on any atom is 0.274 e. The lowest BCUT2D eigenvalue weighted by Crippen LogP contribution is -2.45. The van der Waals surface area contributed by atoms with Crippen molar-refractivity contribution in [2.45, 2.75) is 44.4 Å². The summed E-state index contributed by atoms with van der Waals surface area (Å²) >= 11 is 0. The Kier molecular flexibility index (Phi) is 4.64. The van der Waals surface area contributed by atoms with Gasteiger partial charge in [-0.1, -0.05) is 6.92 Å². The number of alkyl halides is 1. The molecule has 4 atom stereocenters. The number of carbonyl (C=O) groups is 1. The van der Waals surface area contributed by atoms with Gasteiger partial charge in [0.15, 0.2) is 5.65 Å². The molecule has 1 amide bonds. The second-order valence-electron chi connectivity index (χ2n) is 8.28. The molecule has 31 heavy (non-hydrogen) atoms. The van der Waals surface area contributed by atoms with Crippen LogP contribution in [0.3, 0.4) is 0 Å². The van der Waals surface area contributed by atoms with Crippen LogP contribution in [0.15, 0.2) is 35.4 Å². The minimum absolute atomic E-state index is 0.164. The van der Waals surface area contributed by atoms with Crippen LogP contribution in [0.1, 0.15) is 42.6 Å². The van der Waals surface area contributed by atoms with Crippen LogP contribution in [-0.2, 0) is 0 Å². The molecule has 0 aliphatic heterocycles. The second kappa shape index (κ2) is 7.36. The van der Waals surface area contributed by atoms with E-state index in [1.54, 1.807) is 36.0 Å². The van der Waals surface area contributed by atoms with Crippen LogP contribution in [0.4, 0.5) is 21.7 Å². The van der Waals surface area contributed by atoms with Gasteiger partial charge in [-0.05, 0) is 30.9 Å². The molecule has 3 aromatic heterocycles. The Morgan fingerprint density at radius 1 is 1.32 bits per heavy atom. The number of pyridine rings is 1. The normalized spacial score (nSPS) is 24.5. The molecule has 2 fully saturated rings. The molecule has 2 aliphatic rings. The van der Waals surface area contributed by atoms with E-state index in [0.29, 0.717) is 35.2 Å². The van der Waals surface area contributed by atoms with Crippen LogP contribution < -0.4 is 21.5 Å². The largest absolute Gasteiger partial charge is 0.373 e. The molecule has 3 heterocycles. The Morgan fingerprint density at radius 2 is 2.13 bits per heavy atom. The molecule has 0 bridgehead atoms. The summed E-state index contributed by atoms with van der Waals surface area (Å²) in [7, 11) is 1.74. The first-order chi connectivity index (χ1) is 15.0. The topological polar surface area (TPSA) is 105 Å². The van der Waals surface area contributed by atoms with Gasteiger partial charge in [-0.2, -0.15) is 9.61 Å². The molecule has 5 rings (SSSR count). The number of amides is 1. The van der Waals surface area contributed by atoms with E-state index in [1.165, 1.54) is 10.8 Å². The summed E-state index contributed by atoms with van der Waals surface area (Å²) in [5.74, 6) is 1.22. The molecule has 2 aliphatic carbocycles. The number of halogens is 1. The molecule has 0 saturated heterocycles. The molecule has 10 heteroatoms. The van der Waals surface area contributed by atoms with Crippen molar-refractivity contribution >= 4 is 28.9 Å². The minimum Gasteiger partial charge on any atom is -0.373 e. The predicted octanol–water partition coefficient (Wildman–Crippen LogP) is 2.49. The molecule has 2 saturated carbocycles. The standard InChI is InChI=1S/C21H24FN7O2/c1-11-5-6-14(11)26-20(30)12-10-24-29-18(23-2)9-17(27-19(12)29)25-15-4-3-7-28(21(15)31)16-8-13(16)22/h3-4,7,9-11,13-14,16,23H,5-6,8H2,1-2H3,(H,25,27)(H,26,30)/t11-,13+,14+,16+/m1/s1. The highest BCUT2D eigenvalue weighted by Gasteiger charge is 2.39. The smallest absolute Gasteiger partial charge is 0.274 e. The van der Waals surface area contributed by atoms with Crippen LogP contribution in [-0.4, -0.2) is 44.3 Å². The van der Waals surface area contributed by atoms with Gasteiger partial charge in [0.25, 0.3) is 11.5 Å². The van der Waals surface area contributed by atoms with E-state index in [2.05, 4.69) is 33.0 Å². The van der Waals surface area contributed by atoms with Crippen molar-refractivity contribution in [2.24, 2.45) is 5.92 Å². The molecule has 0 aromatic carbocycles. The molecule has 0 radical (unpaired) electrons. The molecule has 0 spiro atoms. The van der Waals surface area contributed by atoms with Gasteiger partial charge in [-0.25, -0.2) is 9.37 Å². The van der Waals surface area contributed by atoms with Crippen molar-refractivity contribution < 1.29 is 9.18 Å². The van der Waals surface area contributed by atoms with E-state index in [9.17, 15) is 14.0 Å². The van der Waals surface area contributed by atoms with Gasteiger partial charge in [0.1, 0.15) is 29.1 Å². The maximum absolute atomic E-state index is 13.5. The zero-order valence-electron chi connectivity index (χ0n) is 17.3. The third kappa shape index (κ3) is 3.41. The first kappa shape index (κ1) is 19.5. The predicted molar refractivity (Wildman–Crippen MR) is 115 cm³/mol. The first-order valence-corrected chi connectivity index (χ1v) is 10.5. The van der Waals surface area contributed by atoms with Gasteiger partial charge >= 0.3 is 0 Å². The number of hydrogen-bond donors (Lipinski definition) is 3. The maximum atomic E-state index is 13.5. The SMILES string of the molecule is CNc1cc(Nc2cccn([C@H]3C[C@@H]3F)c2=O)nc2c(C(=O)N[C@H]3CC[C@H]3C)cnn12. The molecule has 162 valence electrons. The van der Waals surface area contributed by atoms with E-state index < -0.39 is 12.2 Å². The summed E-state index contributed by atoms with van der Waals surface area (Å²) in [4.78, 5) is 30.1. The monoisotopic (exact) mass is 425 g/mol. The minimum atomic E-state index is -0.982. The van der Waals surface area contributed by atoms with Crippen LogP contribution in [0, 0.1) is 5.92 Å². The highest BCUT2D eigenvalue weighted by molar-refractivity contribution is 6.00. The Balaban J connectivity index is 1.48. The van der Waals surface area contributed by atoms with Gasteiger partial charge in [0.05, 0.1) is 12.2 Å². The lowest BCUT2D eigenvalue weighted by molar-refractivity contribution is 0.0886. The van der Waals surface area contributed by atoms with Gasteiger partial charge in [0, 0.05) is 31.8 Å². The third-order valence-corrected chi connectivity index (χ3v) is 6.18. The average molecular weight is 425 g/mol. The van der Waals surface area contributed by atoms with Crippen molar-refractivity contribution in [3.8, 4) is 0 Å². The summed E-state index contributed by atoms with van der Waals surface area (Å²) in [5.41, 5.74) is 0.712. The lowest BCUT2D eigenvalue weighted by Gasteiger charge is -2.34. The average Bonchev–Trinajstić information content (AvgIpc) is 3.32. The fourth-order valence-electron chi connectivity index (χ4n) is 3.94. The number of nitrogens with zero attached hydrogens (tertiary/aromatic N) is 4. The van der Waals surface area contributed by atoms with Crippen LogP contribution >= 0.6 is 0 Å². The fraction of sp³-hybridized carbons (Fsp3) is 0.429. The van der Waals surface area contributed by atoms with Crippen LogP contribution in [0.25, 0.3) is 5.65 Å². The van der Waals surface area contributed by atoms with E-state index in [-0.39, 0.29) is 23.2 Å². The summed E-state index contributed by atoms with van der Waals surface area (Å²) < 4.78 is 16.4. The number of fused-ring (bicyclic) bond motifs is 1. The molecule has 3 aromatic rings. The van der Waals surface area contributed by atoms with Gasteiger partial charge in [0.2, 0.25) is 0 Å². The number of carbonyl (C=O) groups excluding carboxylic acids is 1. The van der Waals surface area contributed by atoms with Crippen molar-refractivity contribution in [2.75, 3.05) is 17.7 Å². The Morgan fingerprint density at radius 3 is 2.77 bits per heavy atom. The Hall–Kier alpha value is -3.43. The quantitative estimate of drug-likeness (QED) is 0.560.